The van der Waals surface area contributed by atoms with Crippen LogP contribution in [0.3, 0.4) is 0 Å². The van der Waals surface area contributed by atoms with Crippen molar-refractivity contribution in [1.82, 2.24) is 14.8 Å². The number of para-hydroxylation sites is 2. The van der Waals surface area contributed by atoms with Crippen LogP contribution >= 0.6 is 0 Å². The Labute approximate surface area is 75.8 Å². The SMILES string of the molecule is [CH2]Oc1ccccc1-n1cncn1. The Balaban J connectivity index is 2.51. The second-order valence-electron chi connectivity index (χ2n) is 2.45. The quantitative estimate of drug-likeness (QED) is 0.691. The average molecular weight is 174 g/mol. The van der Waals surface area contributed by atoms with Gasteiger partial charge >= 0.3 is 0 Å². The minimum atomic E-state index is 0.674. The highest BCUT2D eigenvalue weighted by atomic mass is 16.5. The number of hydrogen-bond acceptors (Lipinski definition) is 3. The molecule has 0 amide bonds. The summed E-state index contributed by atoms with van der Waals surface area (Å²) in [7, 11) is 3.36. The third kappa shape index (κ3) is 1.38. The first-order valence-electron chi connectivity index (χ1n) is 3.78. The molecule has 0 aliphatic rings. The van der Waals surface area contributed by atoms with Crippen molar-refractivity contribution in [3.63, 3.8) is 0 Å². The van der Waals surface area contributed by atoms with Gasteiger partial charge < -0.3 is 4.74 Å². The van der Waals surface area contributed by atoms with Crippen LogP contribution in [0.25, 0.3) is 5.69 Å². The van der Waals surface area contributed by atoms with Gasteiger partial charge in [0.2, 0.25) is 0 Å². The minimum absolute atomic E-state index is 0.674. The van der Waals surface area contributed by atoms with Crippen molar-refractivity contribution in [3.05, 3.63) is 44.0 Å². The van der Waals surface area contributed by atoms with Crippen LogP contribution in [0, 0.1) is 7.11 Å². The zero-order valence-electron chi connectivity index (χ0n) is 6.92. The predicted octanol–water partition coefficient (Wildman–Crippen LogP) is 1.44. The van der Waals surface area contributed by atoms with Gasteiger partial charge in [0.15, 0.2) is 0 Å². The fourth-order valence-electron chi connectivity index (χ4n) is 1.10. The largest absolute Gasteiger partial charge is 0.488 e. The number of nitrogens with zero attached hydrogens (tertiary/aromatic N) is 3. The third-order valence-corrected chi connectivity index (χ3v) is 1.69. The summed E-state index contributed by atoms with van der Waals surface area (Å²) in [6.45, 7) is 0. The maximum absolute atomic E-state index is 4.93. The molecule has 0 N–H and O–H groups in total. The number of aromatic nitrogens is 3. The van der Waals surface area contributed by atoms with Crippen LogP contribution < -0.4 is 4.74 Å². The van der Waals surface area contributed by atoms with Gasteiger partial charge in [0.05, 0.1) is 0 Å². The van der Waals surface area contributed by atoms with Crippen molar-refractivity contribution >= 4 is 0 Å². The molecule has 0 unspecified atom stereocenters. The molecule has 0 bridgehead atoms. The Hall–Kier alpha value is -1.84. The van der Waals surface area contributed by atoms with E-state index in [1.165, 1.54) is 6.33 Å². The summed E-state index contributed by atoms with van der Waals surface area (Å²) in [5, 5.41) is 3.99. The smallest absolute Gasteiger partial charge is 0.145 e. The van der Waals surface area contributed by atoms with E-state index in [0.717, 1.165) is 5.69 Å². The first-order chi connectivity index (χ1) is 6.42. The molecule has 65 valence electrons. The molecule has 0 saturated heterocycles. The lowest BCUT2D eigenvalue weighted by Crippen LogP contribution is -1.96. The molecule has 0 atom stereocenters. The van der Waals surface area contributed by atoms with E-state index < -0.39 is 0 Å². The molecule has 4 nitrogen and oxygen atoms in total. The van der Waals surface area contributed by atoms with E-state index in [1.807, 2.05) is 24.3 Å². The maximum atomic E-state index is 4.93. The van der Waals surface area contributed by atoms with Crippen LogP contribution in [-0.2, 0) is 0 Å². The van der Waals surface area contributed by atoms with Crippen LogP contribution in [0.15, 0.2) is 36.9 Å². The van der Waals surface area contributed by atoms with Gasteiger partial charge in [0.25, 0.3) is 0 Å². The molecule has 0 aliphatic carbocycles. The second-order valence-corrected chi connectivity index (χ2v) is 2.45. The molecule has 4 heteroatoms. The fraction of sp³-hybridized carbons (Fsp3) is 0. The lowest BCUT2D eigenvalue weighted by atomic mass is 10.3. The molecule has 1 aromatic heterocycles. The summed E-state index contributed by atoms with van der Waals surface area (Å²) in [5.74, 6) is 0.674. The number of hydrogen-bond donors (Lipinski definition) is 0. The normalized spacial score (nSPS) is 9.92. The Bertz CT molecular complexity index is 384. The highest BCUT2D eigenvalue weighted by Crippen LogP contribution is 2.20. The van der Waals surface area contributed by atoms with Crippen LogP contribution in [0.1, 0.15) is 0 Å². The molecule has 2 rings (SSSR count). The molecule has 1 aromatic carbocycles. The van der Waals surface area contributed by atoms with Gasteiger partial charge in [-0.1, -0.05) is 12.1 Å². The lowest BCUT2D eigenvalue weighted by Gasteiger charge is -2.05. The van der Waals surface area contributed by atoms with Gasteiger partial charge in [-0.2, -0.15) is 5.10 Å². The predicted molar refractivity (Wildman–Crippen MR) is 47.3 cm³/mol. The topological polar surface area (TPSA) is 39.9 Å². The van der Waals surface area contributed by atoms with Crippen LogP contribution in [0.5, 0.6) is 5.75 Å². The van der Waals surface area contributed by atoms with E-state index in [9.17, 15) is 0 Å². The zero-order valence-corrected chi connectivity index (χ0v) is 6.92. The number of ether oxygens (including phenoxy) is 1. The summed E-state index contributed by atoms with van der Waals surface area (Å²) in [5.41, 5.74) is 0.829. The van der Waals surface area contributed by atoms with Gasteiger partial charge in [-0.3, -0.25) is 0 Å². The van der Waals surface area contributed by atoms with Gasteiger partial charge in [0.1, 0.15) is 31.2 Å². The lowest BCUT2D eigenvalue weighted by molar-refractivity contribution is 0.468. The third-order valence-electron chi connectivity index (χ3n) is 1.69. The molecule has 0 spiro atoms. The molecule has 0 fully saturated rings. The van der Waals surface area contributed by atoms with Crippen molar-refractivity contribution in [2.75, 3.05) is 0 Å². The maximum Gasteiger partial charge on any atom is 0.145 e. The van der Waals surface area contributed by atoms with Crippen molar-refractivity contribution < 1.29 is 4.74 Å². The second kappa shape index (κ2) is 3.26. The highest BCUT2D eigenvalue weighted by molar-refractivity contribution is 5.45. The monoisotopic (exact) mass is 174 g/mol. The Morgan fingerprint density at radius 2 is 2.15 bits per heavy atom. The Kier molecular flexibility index (Phi) is 1.96. The van der Waals surface area contributed by atoms with E-state index in [-0.39, 0.29) is 0 Å². The van der Waals surface area contributed by atoms with E-state index >= 15 is 0 Å². The van der Waals surface area contributed by atoms with Crippen LogP contribution in [0.4, 0.5) is 0 Å². The first-order valence-corrected chi connectivity index (χ1v) is 3.78. The van der Waals surface area contributed by atoms with Crippen molar-refractivity contribution in [1.29, 1.82) is 0 Å². The van der Waals surface area contributed by atoms with Gasteiger partial charge in [-0.15, -0.1) is 0 Å². The molecule has 13 heavy (non-hydrogen) atoms. The van der Waals surface area contributed by atoms with E-state index in [4.69, 9.17) is 4.74 Å². The molecule has 0 saturated carbocycles. The summed E-state index contributed by atoms with van der Waals surface area (Å²) in [4.78, 5) is 3.85. The van der Waals surface area contributed by atoms with Crippen molar-refractivity contribution in [2.24, 2.45) is 0 Å². The average Bonchev–Trinajstić information content (AvgIpc) is 2.70. The van der Waals surface area contributed by atoms with Crippen LogP contribution in [-0.4, -0.2) is 14.8 Å². The molecule has 2 aromatic rings. The van der Waals surface area contributed by atoms with E-state index in [0.29, 0.717) is 5.75 Å². The first kappa shape index (κ1) is 7.79. The summed E-state index contributed by atoms with van der Waals surface area (Å²) in [6, 6.07) is 7.49. The summed E-state index contributed by atoms with van der Waals surface area (Å²) < 4.78 is 6.56. The fourth-order valence-corrected chi connectivity index (χ4v) is 1.10. The van der Waals surface area contributed by atoms with E-state index in [2.05, 4.69) is 17.2 Å². The molecule has 1 radical (unpaired) electrons. The van der Waals surface area contributed by atoms with Gasteiger partial charge in [-0.25, -0.2) is 9.67 Å². The number of rotatable bonds is 2. The summed E-state index contributed by atoms with van der Waals surface area (Å²) in [6.07, 6.45) is 3.08. The Morgan fingerprint density at radius 3 is 2.85 bits per heavy atom. The van der Waals surface area contributed by atoms with Gasteiger partial charge in [0, 0.05) is 0 Å². The van der Waals surface area contributed by atoms with Crippen molar-refractivity contribution in [2.45, 2.75) is 0 Å². The molecule has 1 heterocycles. The Morgan fingerprint density at radius 1 is 1.31 bits per heavy atom. The molecule has 0 aliphatic heterocycles. The standard InChI is InChI=1S/C9H8N3O/c1-13-9-5-3-2-4-8(9)12-7-10-6-11-12/h2-7H,1H2. The van der Waals surface area contributed by atoms with E-state index in [1.54, 1.807) is 11.0 Å². The minimum Gasteiger partial charge on any atom is -0.488 e. The van der Waals surface area contributed by atoms with Crippen LogP contribution in [0.2, 0.25) is 0 Å². The van der Waals surface area contributed by atoms with Crippen molar-refractivity contribution in [3.8, 4) is 11.4 Å². The number of benzene rings is 1. The summed E-state index contributed by atoms with van der Waals surface area (Å²) >= 11 is 0. The molecular weight excluding hydrogens is 166 g/mol. The molecular formula is C9H8N3O. The zero-order chi connectivity index (χ0) is 9.10. The van der Waals surface area contributed by atoms with Gasteiger partial charge in [-0.05, 0) is 12.1 Å². The highest BCUT2D eigenvalue weighted by Gasteiger charge is 2.02.